The molecule has 0 amide bonds. The van der Waals surface area contributed by atoms with Crippen LogP contribution in [0.25, 0.3) is 0 Å². The van der Waals surface area contributed by atoms with Crippen LogP contribution >= 0.6 is 0 Å². The second-order valence-electron chi connectivity index (χ2n) is 3.88. The van der Waals surface area contributed by atoms with E-state index in [-0.39, 0.29) is 17.9 Å². The highest BCUT2D eigenvalue weighted by Gasteiger charge is 2.17. The van der Waals surface area contributed by atoms with E-state index in [0.717, 1.165) is 5.69 Å². The normalized spacial score (nSPS) is 10.4. The van der Waals surface area contributed by atoms with Crippen LogP contribution in [-0.4, -0.2) is 14.7 Å². The van der Waals surface area contributed by atoms with Crippen molar-refractivity contribution in [2.75, 3.05) is 5.32 Å². The molecule has 1 aromatic carbocycles. The van der Waals surface area contributed by atoms with E-state index in [1.807, 2.05) is 6.92 Å². The van der Waals surface area contributed by atoms with Crippen LogP contribution in [0, 0.1) is 15.9 Å². The molecule has 0 fully saturated rings. The highest BCUT2D eigenvalue weighted by atomic mass is 19.1. The summed E-state index contributed by atoms with van der Waals surface area (Å²) >= 11 is 0. The quantitative estimate of drug-likeness (QED) is 0.665. The van der Waals surface area contributed by atoms with Gasteiger partial charge in [-0.25, -0.2) is 4.39 Å². The number of aryl methyl sites for hydroxylation is 1. The predicted octanol–water partition coefficient (Wildman–Crippen LogP) is 2.56. The number of nitrogens with one attached hydrogen (secondary N) is 1. The Morgan fingerprint density at radius 3 is 2.95 bits per heavy atom. The van der Waals surface area contributed by atoms with Crippen LogP contribution in [0.5, 0.6) is 0 Å². The molecule has 2 rings (SSSR count). The van der Waals surface area contributed by atoms with E-state index in [2.05, 4.69) is 10.4 Å². The van der Waals surface area contributed by atoms with Crippen molar-refractivity contribution in [3.05, 3.63) is 52.1 Å². The molecule has 1 aromatic heterocycles. The molecule has 0 radical (unpaired) electrons. The minimum atomic E-state index is -0.642. The van der Waals surface area contributed by atoms with Crippen LogP contribution in [-0.2, 0) is 13.1 Å². The summed E-state index contributed by atoms with van der Waals surface area (Å²) in [4.78, 5) is 10.2. The summed E-state index contributed by atoms with van der Waals surface area (Å²) in [5.41, 5.74) is 0.457. The molecule has 6 nitrogen and oxygen atoms in total. The standard InChI is InChI=1S/C12H13FN4O2/c1-2-16-9(6-7-15-16)8-14-12-10(13)4-3-5-11(12)17(18)19/h3-7,14H,2,8H2,1H3. The van der Waals surface area contributed by atoms with Crippen molar-refractivity contribution in [2.45, 2.75) is 20.0 Å². The van der Waals surface area contributed by atoms with Crippen LogP contribution in [0.1, 0.15) is 12.6 Å². The minimum Gasteiger partial charge on any atom is -0.371 e. The van der Waals surface area contributed by atoms with E-state index in [4.69, 9.17) is 0 Å². The number of hydrogen-bond donors (Lipinski definition) is 1. The van der Waals surface area contributed by atoms with Crippen molar-refractivity contribution >= 4 is 11.4 Å². The van der Waals surface area contributed by atoms with Crippen molar-refractivity contribution in [1.82, 2.24) is 9.78 Å². The summed E-state index contributed by atoms with van der Waals surface area (Å²) in [7, 11) is 0. The maximum absolute atomic E-state index is 13.6. The first kappa shape index (κ1) is 13.0. The summed E-state index contributed by atoms with van der Waals surface area (Å²) in [6, 6.07) is 5.55. The van der Waals surface area contributed by atoms with Gasteiger partial charge in [0.15, 0.2) is 5.82 Å². The Bertz CT molecular complexity index is 597. The predicted molar refractivity (Wildman–Crippen MR) is 68.3 cm³/mol. The molecule has 100 valence electrons. The summed E-state index contributed by atoms with van der Waals surface area (Å²) < 4.78 is 15.4. The summed E-state index contributed by atoms with van der Waals surface area (Å²) in [6.45, 7) is 2.89. The molecule has 2 aromatic rings. The number of anilines is 1. The Morgan fingerprint density at radius 2 is 2.26 bits per heavy atom. The fourth-order valence-corrected chi connectivity index (χ4v) is 1.81. The zero-order valence-electron chi connectivity index (χ0n) is 10.3. The van der Waals surface area contributed by atoms with Gasteiger partial charge in [-0.1, -0.05) is 6.07 Å². The Morgan fingerprint density at radius 1 is 1.47 bits per heavy atom. The van der Waals surface area contributed by atoms with E-state index in [9.17, 15) is 14.5 Å². The number of nitro groups is 1. The summed E-state index contributed by atoms with van der Waals surface area (Å²) in [5.74, 6) is -0.642. The third-order valence-corrected chi connectivity index (χ3v) is 2.74. The molecule has 0 saturated heterocycles. The SMILES string of the molecule is CCn1nccc1CNc1c(F)cccc1[N+](=O)[O-]. The molecule has 0 saturated carbocycles. The Balaban J connectivity index is 2.22. The minimum absolute atomic E-state index is 0.101. The Labute approximate surface area is 109 Å². The number of nitrogens with zero attached hydrogens (tertiary/aromatic N) is 3. The lowest BCUT2D eigenvalue weighted by Crippen LogP contribution is -2.09. The number of nitro benzene ring substituents is 1. The third-order valence-electron chi connectivity index (χ3n) is 2.74. The second kappa shape index (κ2) is 5.47. The van der Waals surface area contributed by atoms with Gasteiger partial charge >= 0.3 is 0 Å². The topological polar surface area (TPSA) is 73.0 Å². The van der Waals surface area contributed by atoms with Gasteiger partial charge in [0.2, 0.25) is 0 Å². The molecule has 0 aliphatic carbocycles. The molecular weight excluding hydrogens is 251 g/mol. The van der Waals surface area contributed by atoms with Gasteiger partial charge in [-0.3, -0.25) is 14.8 Å². The number of para-hydroxylation sites is 1. The fraction of sp³-hybridized carbons (Fsp3) is 0.250. The molecule has 19 heavy (non-hydrogen) atoms. The van der Waals surface area contributed by atoms with Crippen LogP contribution in [0.3, 0.4) is 0 Å². The Hall–Kier alpha value is -2.44. The van der Waals surface area contributed by atoms with Crippen LogP contribution < -0.4 is 5.32 Å². The summed E-state index contributed by atoms with van der Waals surface area (Å²) in [6.07, 6.45) is 1.64. The van der Waals surface area contributed by atoms with Gasteiger partial charge in [0.1, 0.15) is 5.69 Å². The van der Waals surface area contributed by atoms with Gasteiger partial charge in [-0.2, -0.15) is 5.10 Å². The first-order chi connectivity index (χ1) is 9.13. The molecule has 1 N–H and O–H groups in total. The zero-order chi connectivity index (χ0) is 13.8. The molecule has 0 spiro atoms. The van der Waals surface area contributed by atoms with Crippen molar-refractivity contribution in [2.24, 2.45) is 0 Å². The monoisotopic (exact) mass is 264 g/mol. The second-order valence-corrected chi connectivity index (χ2v) is 3.88. The van der Waals surface area contributed by atoms with Crippen molar-refractivity contribution in [1.29, 1.82) is 0 Å². The lowest BCUT2D eigenvalue weighted by molar-refractivity contribution is -0.384. The number of halogens is 1. The van der Waals surface area contributed by atoms with Gasteiger partial charge < -0.3 is 5.32 Å². The Kier molecular flexibility index (Phi) is 3.74. The molecule has 0 unspecified atom stereocenters. The van der Waals surface area contributed by atoms with Crippen LogP contribution in [0.15, 0.2) is 30.5 Å². The first-order valence-electron chi connectivity index (χ1n) is 5.81. The average molecular weight is 264 g/mol. The zero-order valence-corrected chi connectivity index (χ0v) is 10.3. The van der Waals surface area contributed by atoms with Gasteiger partial charge in [0.05, 0.1) is 17.2 Å². The number of hydrogen-bond acceptors (Lipinski definition) is 4. The van der Waals surface area contributed by atoms with Gasteiger partial charge in [0.25, 0.3) is 5.69 Å². The maximum Gasteiger partial charge on any atom is 0.295 e. The maximum atomic E-state index is 13.6. The van der Waals surface area contributed by atoms with Crippen molar-refractivity contribution in [3.63, 3.8) is 0 Å². The number of benzene rings is 1. The molecule has 0 aliphatic heterocycles. The lowest BCUT2D eigenvalue weighted by atomic mass is 10.2. The van der Waals surface area contributed by atoms with Gasteiger partial charge in [-0.05, 0) is 19.1 Å². The van der Waals surface area contributed by atoms with E-state index in [1.54, 1.807) is 16.9 Å². The summed E-state index contributed by atoms with van der Waals surface area (Å²) in [5, 5.41) is 17.7. The molecule has 1 heterocycles. The van der Waals surface area contributed by atoms with Crippen molar-refractivity contribution in [3.8, 4) is 0 Å². The van der Waals surface area contributed by atoms with Crippen LogP contribution in [0.4, 0.5) is 15.8 Å². The van der Waals surface area contributed by atoms with Crippen molar-refractivity contribution < 1.29 is 9.31 Å². The lowest BCUT2D eigenvalue weighted by Gasteiger charge is -2.09. The van der Waals surface area contributed by atoms with E-state index in [1.165, 1.54) is 18.2 Å². The molecule has 0 aliphatic rings. The largest absolute Gasteiger partial charge is 0.371 e. The number of aromatic nitrogens is 2. The van der Waals surface area contributed by atoms with E-state index in [0.29, 0.717) is 6.54 Å². The number of rotatable bonds is 5. The molecular formula is C12H13FN4O2. The van der Waals surface area contributed by atoms with E-state index < -0.39 is 10.7 Å². The molecule has 0 bridgehead atoms. The van der Waals surface area contributed by atoms with E-state index >= 15 is 0 Å². The average Bonchev–Trinajstić information content (AvgIpc) is 2.84. The third kappa shape index (κ3) is 2.70. The molecule has 7 heteroatoms. The smallest absolute Gasteiger partial charge is 0.295 e. The van der Waals surface area contributed by atoms with Gasteiger partial charge in [0, 0.05) is 18.8 Å². The molecule has 0 atom stereocenters. The van der Waals surface area contributed by atoms with Gasteiger partial charge in [-0.15, -0.1) is 0 Å². The highest BCUT2D eigenvalue weighted by molar-refractivity contribution is 5.62. The highest BCUT2D eigenvalue weighted by Crippen LogP contribution is 2.27. The van der Waals surface area contributed by atoms with Crippen LogP contribution in [0.2, 0.25) is 0 Å². The fourth-order valence-electron chi connectivity index (χ4n) is 1.81. The first-order valence-corrected chi connectivity index (χ1v) is 5.81.